The second kappa shape index (κ2) is 8.79. The molecule has 0 saturated heterocycles. The van der Waals surface area contributed by atoms with Gasteiger partial charge in [-0.05, 0) is 48.4 Å². The minimum Gasteiger partial charge on any atom is -0.481 e. The lowest BCUT2D eigenvalue weighted by Gasteiger charge is -2.19. The summed E-state index contributed by atoms with van der Waals surface area (Å²) in [5, 5.41) is 14.5. The van der Waals surface area contributed by atoms with E-state index in [-0.39, 0.29) is 24.5 Å². The molecule has 2 aromatic rings. The first kappa shape index (κ1) is 20.9. The minimum absolute atomic E-state index is 0.0475. The molecule has 4 rings (SSSR count). The van der Waals surface area contributed by atoms with Crippen LogP contribution in [0.25, 0.3) is 11.1 Å². The summed E-state index contributed by atoms with van der Waals surface area (Å²) in [4.78, 5) is 35.8. The van der Waals surface area contributed by atoms with E-state index in [1.165, 1.54) is 0 Å². The van der Waals surface area contributed by atoms with Crippen molar-refractivity contribution in [2.24, 2.45) is 5.92 Å². The Kier molecular flexibility index (Phi) is 5.93. The third-order valence-corrected chi connectivity index (χ3v) is 6.20. The Labute approximate surface area is 180 Å². The Morgan fingerprint density at radius 2 is 1.65 bits per heavy atom. The minimum atomic E-state index is -0.832. The van der Waals surface area contributed by atoms with Gasteiger partial charge in [0, 0.05) is 12.0 Å². The van der Waals surface area contributed by atoms with E-state index in [4.69, 9.17) is 9.84 Å². The normalized spacial score (nSPS) is 20.4. The SMILES string of the molecule is C[C@H](NC(=O)OCC1c2ccccc2-c2ccccc21)C(=O)NC1CCC(C(=O)O)C1. The molecular weight excluding hydrogens is 396 g/mol. The van der Waals surface area contributed by atoms with Gasteiger partial charge in [-0.3, -0.25) is 9.59 Å². The molecule has 162 valence electrons. The fraction of sp³-hybridized carbons (Fsp3) is 0.375. The maximum atomic E-state index is 12.4. The number of fused-ring (bicyclic) bond motifs is 3. The monoisotopic (exact) mass is 422 g/mol. The highest BCUT2D eigenvalue weighted by molar-refractivity contribution is 5.85. The molecule has 0 spiro atoms. The molecule has 2 aliphatic carbocycles. The van der Waals surface area contributed by atoms with Gasteiger partial charge < -0.3 is 20.5 Å². The largest absolute Gasteiger partial charge is 0.481 e. The molecule has 2 aliphatic rings. The Morgan fingerprint density at radius 3 is 2.23 bits per heavy atom. The Morgan fingerprint density at radius 1 is 1.03 bits per heavy atom. The van der Waals surface area contributed by atoms with Crippen LogP contribution in [0.5, 0.6) is 0 Å². The Bertz CT molecular complexity index is 959. The molecule has 1 saturated carbocycles. The van der Waals surface area contributed by atoms with Crippen LogP contribution in [0.1, 0.15) is 43.2 Å². The molecule has 7 heteroatoms. The van der Waals surface area contributed by atoms with Crippen molar-refractivity contribution >= 4 is 18.0 Å². The van der Waals surface area contributed by atoms with Crippen molar-refractivity contribution in [2.45, 2.75) is 44.2 Å². The van der Waals surface area contributed by atoms with E-state index in [0.29, 0.717) is 19.3 Å². The van der Waals surface area contributed by atoms with Gasteiger partial charge in [0.1, 0.15) is 12.6 Å². The molecule has 0 aromatic heterocycles. The smallest absolute Gasteiger partial charge is 0.407 e. The van der Waals surface area contributed by atoms with Crippen molar-refractivity contribution in [2.75, 3.05) is 6.61 Å². The van der Waals surface area contributed by atoms with Crippen LogP contribution in [0.15, 0.2) is 48.5 Å². The van der Waals surface area contributed by atoms with Crippen molar-refractivity contribution in [3.63, 3.8) is 0 Å². The number of carboxylic acid groups (broad SMARTS) is 1. The zero-order chi connectivity index (χ0) is 22.0. The highest BCUT2D eigenvalue weighted by Crippen LogP contribution is 2.44. The molecule has 7 nitrogen and oxygen atoms in total. The molecular formula is C24H26N2O5. The number of ether oxygens (including phenoxy) is 1. The molecule has 0 radical (unpaired) electrons. The zero-order valence-electron chi connectivity index (χ0n) is 17.3. The number of carbonyl (C=O) groups is 3. The van der Waals surface area contributed by atoms with Gasteiger partial charge in [-0.2, -0.15) is 0 Å². The van der Waals surface area contributed by atoms with Crippen LogP contribution in [0, 0.1) is 5.92 Å². The lowest BCUT2D eigenvalue weighted by atomic mass is 9.98. The molecule has 31 heavy (non-hydrogen) atoms. The summed E-state index contributed by atoms with van der Waals surface area (Å²) in [6, 6.07) is 15.2. The predicted octanol–water partition coefficient (Wildman–Crippen LogP) is 3.28. The summed E-state index contributed by atoms with van der Waals surface area (Å²) in [6.45, 7) is 1.76. The van der Waals surface area contributed by atoms with Crippen molar-refractivity contribution < 1.29 is 24.2 Å². The van der Waals surface area contributed by atoms with Gasteiger partial charge in [-0.25, -0.2) is 4.79 Å². The fourth-order valence-electron chi connectivity index (χ4n) is 4.55. The van der Waals surface area contributed by atoms with Gasteiger partial charge in [0.25, 0.3) is 0 Å². The Balaban J connectivity index is 1.30. The van der Waals surface area contributed by atoms with Crippen LogP contribution >= 0.6 is 0 Å². The second-order valence-electron chi connectivity index (χ2n) is 8.25. The van der Waals surface area contributed by atoms with Gasteiger partial charge >= 0.3 is 12.1 Å². The third-order valence-electron chi connectivity index (χ3n) is 6.20. The first-order valence-corrected chi connectivity index (χ1v) is 10.6. The molecule has 3 N–H and O–H groups in total. The van der Waals surface area contributed by atoms with E-state index in [1.807, 2.05) is 36.4 Å². The summed E-state index contributed by atoms with van der Waals surface area (Å²) < 4.78 is 5.47. The summed E-state index contributed by atoms with van der Waals surface area (Å²) in [5.74, 6) is -1.64. The third kappa shape index (κ3) is 4.40. The average Bonchev–Trinajstić information content (AvgIpc) is 3.35. The second-order valence-corrected chi connectivity index (χ2v) is 8.25. The number of benzene rings is 2. The van der Waals surface area contributed by atoms with E-state index < -0.39 is 24.0 Å². The summed E-state index contributed by atoms with van der Waals surface area (Å²) in [5.41, 5.74) is 4.54. The predicted molar refractivity (Wildman–Crippen MR) is 115 cm³/mol. The van der Waals surface area contributed by atoms with Crippen molar-refractivity contribution in [3.8, 4) is 11.1 Å². The van der Waals surface area contributed by atoms with Gasteiger partial charge in [-0.15, -0.1) is 0 Å². The molecule has 2 amide bonds. The number of hydrogen-bond donors (Lipinski definition) is 3. The van der Waals surface area contributed by atoms with Gasteiger partial charge in [0.15, 0.2) is 0 Å². The zero-order valence-corrected chi connectivity index (χ0v) is 17.3. The topological polar surface area (TPSA) is 105 Å². The highest BCUT2D eigenvalue weighted by atomic mass is 16.5. The van der Waals surface area contributed by atoms with Gasteiger partial charge in [0.05, 0.1) is 5.92 Å². The van der Waals surface area contributed by atoms with E-state index in [9.17, 15) is 14.4 Å². The molecule has 0 heterocycles. The lowest BCUT2D eigenvalue weighted by Crippen LogP contribution is -2.47. The van der Waals surface area contributed by atoms with E-state index in [0.717, 1.165) is 22.3 Å². The molecule has 2 unspecified atom stereocenters. The van der Waals surface area contributed by atoms with E-state index in [2.05, 4.69) is 22.8 Å². The number of carbonyl (C=O) groups excluding carboxylic acids is 2. The van der Waals surface area contributed by atoms with Crippen LogP contribution in [0.2, 0.25) is 0 Å². The standard InChI is InChI=1S/C24H26N2O5/c1-14(22(27)26-16-11-10-15(12-16)23(28)29)25-24(30)31-13-21-19-8-4-2-6-17(19)18-7-3-5-9-20(18)21/h2-9,14-16,21H,10-13H2,1H3,(H,25,30)(H,26,27)(H,28,29)/t14-,15?,16?/m0/s1. The number of nitrogens with one attached hydrogen (secondary N) is 2. The molecule has 2 aromatic carbocycles. The van der Waals surface area contributed by atoms with Gasteiger partial charge in [-0.1, -0.05) is 48.5 Å². The number of rotatable bonds is 6. The number of amides is 2. The van der Waals surface area contributed by atoms with Crippen LogP contribution in [-0.2, 0) is 14.3 Å². The lowest BCUT2D eigenvalue weighted by molar-refractivity contribution is -0.141. The van der Waals surface area contributed by atoms with Crippen LogP contribution in [0.3, 0.4) is 0 Å². The fourth-order valence-corrected chi connectivity index (χ4v) is 4.55. The number of hydrogen-bond acceptors (Lipinski definition) is 4. The number of aliphatic carboxylic acids is 1. The molecule has 0 aliphatic heterocycles. The highest BCUT2D eigenvalue weighted by Gasteiger charge is 2.32. The van der Waals surface area contributed by atoms with Crippen molar-refractivity contribution in [1.29, 1.82) is 0 Å². The first-order chi connectivity index (χ1) is 14.9. The van der Waals surface area contributed by atoms with Crippen molar-refractivity contribution in [3.05, 3.63) is 59.7 Å². The van der Waals surface area contributed by atoms with Crippen LogP contribution in [-0.4, -0.2) is 41.8 Å². The quantitative estimate of drug-likeness (QED) is 0.663. The first-order valence-electron chi connectivity index (χ1n) is 10.6. The summed E-state index contributed by atoms with van der Waals surface area (Å²) in [7, 11) is 0. The number of alkyl carbamates (subject to hydrolysis) is 1. The molecule has 0 bridgehead atoms. The average molecular weight is 422 g/mol. The van der Waals surface area contributed by atoms with Crippen LogP contribution in [0.4, 0.5) is 4.79 Å². The molecule has 3 atom stereocenters. The van der Waals surface area contributed by atoms with Crippen molar-refractivity contribution in [1.82, 2.24) is 10.6 Å². The van der Waals surface area contributed by atoms with E-state index >= 15 is 0 Å². The summed E-state index contributed by atoms with van der Waals surface area (Å²) in [6.07, 6.45) is 0.937. The maximum Gasteiger partial charge on any atom is 0.407 e. The van der Waals surface area contributed by atoms with Crippen LogP contribution < -0.4 is 10.6 Å². The maximum absolute atomic E-state index is 12.4. The van der Waals surface area contributed by atoms with Gasteiger partial charge in [0.2, 0.25) is 5.91 Å². The molecule has 1 fully saturated rings. The number of carboxylic acids is 1. The Hall–Kier alpha value is -3.35. The van der Waals surface area contributed by atoms with E-state index in [1.54, 1.807) is 6.92 Å². The summed E-state index contributed by atoms with van der Waals surface area (Å²) >= 11 is 0.